The van der Waals surface area contributed by atoms with Gasteiger partial charge in [-0.15, -0.1) is 11.8 Å². The molecule has 2 N–H and O–H groups in total. The van der Waals surface area contributed by atoms with Gasteiger partial charge in [0.1, 0.15) is 12.4 Å². The summed E-state index contributed by atoms with van der Waals surface area (Å²) in [6.07, 6.45) is 2.49. The molecule has 0 fully saturated rings. The van der Waals surface area contributed by atoms with Crippen molar-refractivity contribution in [3.05, 3.63) is 84.2 Å². The molecule has 0 radical (unpaired) electrons. The minimum absolute atomic E-state index is 0.00624. The number of nitrogens with one attached hydrogen (secondary N) is 2. The zero-order chi connectivity index (χ0) is 26.8. The second kappa shape index (κ2) is 13.2. The van der Waals surface area contributed by atoms with E-state index in [1.54, 1.807) is 43.5 Å². The second-order valence-corrected chi connectivity index (χ2v) is 10.6. The van der Waals surface area contributed by atoms with Crippen LogP contribution in [-0.4, -0.2) is 53.3 Å². The van der Waals surface area contributed by atoms with Gasteiger partial charge < -0.3 is 15.4 Å². The summed E-state index contributed by atoms with van der Waals surface area (Å²) >= 11 is 1.46. The van der Waals surface area contributed by atoms with Crippen molar-refractivity contribution in [1.82, 2.24) is 5.32 Å². The first-order valence-electron chi connectivity index (χ1n) is 11.3. The molecule has 11 heteroatoms. The topological polar surface area (TPSA) is 105 Å². The van der Waals surface area contributed by atoms with Gasteiger partial charge in [-0.3, -0.25) is 13.9 Å². The minimum atomic E-state index is -4.22. The fourth-order valence-corrected chi connectivity index (χ4v) is 5.27. The molecule has 0 saturated carbocycles. The first-order valence-corrected chi connectivity index (χ1v) is 14.0. The zero-order valence-corrected chi connectivity index (χ0v) is 22.1. The van der Waals surface area contributed by atoms with Crippen molar-refractivity contribution in [1.29, 1.82) is 0 Å². The Balaban J connectivity index is 1.86. The van der Waals surface area contributed by atoms with Gasteiger partial charge in [0.2, 0.25) is 5.91 Å². The fraction of sp³-hybridized carbons (Fsp3) is 0.231. The monoisotopic (exact) mass is 545 g/mol. The first kappa shape index (κ1) is 28.2. The third kappa shape index (κ3) is 7.54. The Bertz CT molecular complexity index is 1330. The number of carbonyl (C=O) groups is 2. The summed E-state index contributed by atoms with van der Waals surface area (Å²) in [4.78, 5) is 26.5. The lowest BCUT2D eigenvalue weighted by molar-refractivity contribution is -0.114. The van der Waals surface area contributed by atoms with Gasteiger partial charge >= 0.3 is 0 Å². The number of methoxy groups -OCH3 is 1. The summed E-state index contributed by atoms with van der Waals surface area (Å²) in [6.45, 7) is 0.235. The number of sulfonamides is 1. The highest BCUT2D eigenvalue weighted by atomic mass is 32.2. The average Bonchev–Trinajstić information content (AvgIpc) is 2.90. The van der Waals surface area contributed by atoms with Crippen LogP contribution >= 0.6 is 11.8 Å². The van der Waals surface area contributed by atoms with Crippen molar-refractivity contribution < 1.29 is 27.1 Å². The maximum absolute atomic E-state index is 14.0. The van der Waals surface area contributed by atoms with Crippen molar-refractivity contribution in [2.24, 2.45) is 0 Å². The molecule has 37 heavy (non-hydrogen) atoms. The van der Waals surface area contributed by atoms with Crippen molar-refractivity contribution in [3.8, 4) is 0 Å². The van der Waals surface area contributed by atoms with Gasteiger partial charge in [-0.2, -0.15) is 0 Å². The van der Waals surface area contributed by atoms with Crippen LogP contribution in [0.15, 0.2) is 82.6 Å². The standard InChI is InChI=1S/C26H28FN3O5S2/c1-35-16-6-15-28-26(32)23-9-3-4-10-24(23)29-25(31)18-30(20-8-5-7-19(27)17-20)37(33,34)22-13-11-21(36-2)12-14-22/h3-5,7-14,17H,6,15-16,18H2,1-2H3,(H,28,32)(H,29,31). The molecule has 0 aliphatic rings. The van der Waals surface area contributed by atoms with E-state index >= 15 is 0 Å². The normalized spacial score (nSPS) is 11.1. The highest BCUT2D eigenvalue weighted by molar-refractivity contribution is 7.98. The molecule has 196 valence electrons. The molecule has 0 bridgehead atoms. The molecule has 3 aromatic rings. The summed E-state index contributed by atoms with van der Waals surface area (Å²) in [5.74, 6) is -1.74. The largest absolute Gasteiger partial charge is 0.385 e. The third-order valence-electron chi connectivity index (χ3n) is 5.29. The molecule has 0 aliphatic carbocycles. The molecule has 0 unspecified atom stereocenters. The van der Waals surface area contributed by atoms with Gasteiger partial charge in [0.25, 0.3) is 15.9 Å². The number of anilines is 2. The number of para-hydroxylation sites is 1. The lowest BCUT2D eigenvalue weighted by atomic mass is 10.1. The SMILES string of the molecule is COCCCNC(=O)c1ccccc1NC(=O)CN(c1cccc(F)c1)S(=O)(=O)c1ccc(SC)cc1. The Kier molecular flexibility index (Phi) is 10.1. The van der Waals surface area contributed by atoms with Gasteiger partial charge in [-0.05, 0) is 67.3 Å². The van der Waals surface area contributed by atoms with E-state index < -0.39 is 34.2 Å². The van der Waals surface area contributed by atoms with Gasteiger partial charge in [0, 0.05) is 25.2 Å². The number of carbonyl (C=O) groups excluding carboxylic acids is 2. The van der Waals surface area contributed by atoms with Crippen LogP contribution in [0, 0.1) is 5.82 Å². The summed E-state index contributed by atoms with van der Waals surface area (Å²) in [5, 5.41) is 5.38. The molecule has 0 aliphatic heterocycles. The molecule has 2 amide bonds. The van der Waals surface area contributed by atoms with Crippen molar-refractivity contribution in [2.75, 3.05) is 42.7 Å². The van der Waals surface area contributed by atoms with Gasteiger partial charge in [-0.25, -0.2) is 12.8 Å². The van der Waals surface area contributed by atoms with Crippen LogP contribution in [0.4, 0.5) is 15.8 Å². The van der Waals surface area contributed by atoms with Gasteiger partial charge in [-0.1, -0.05) is 18.2 Å². The van der Waals surface area contributed by atoms with E-state index in [0.717, 1.165) is 15.3 Å². The van der Waals surface area contributed by atoms with Crippen LogP contribution in [0.25, 0.3) is 0 Å². The summed E-state index contributed by atoms with van der Waals surface area (Å²) in [5.41, 5.74) is 0.437. The number of benzene rings is 3. The fourth-order valence-electron chi connectivity index (χ4n) is 3.45. The van der Waals surface area contributed by atoms with E-state index in [0.29, 0.717) is 19.6 Å². The number of halogens is 1. The minimum Gasteiger partial charge on any atom is -0.385 e. The average molecular weight is 546 g/mol. The van der Waals surface area contributed by atoms with Crippen LogP contribution < -0.4 is 14.9 Å². The van der Waals surface area contributed by atoms with Gasteiger partial charge in [0.05, 0.1) is 21.8 Å². The molecular weight excluding hydrogens is 517 g/mol. The highest BCUT2D eigenvalue weighted by Gasteiger charge is 2.28. The molecule has 8 nitrogen and oxygen atoms in total. The van der Waals surface area contributed by atoms with Gasteiger partial charge in [0.15, 0.2) is 0 Å². The number of nitrogens with zero attached hydrogens (tertiary/aromatic N) is 1. The van der Waals surface area contributed by atoms with Crippen LogP contribution in [0.1, 0.15) is 16.8 Å². The van der Waals surface area contributed by atoms with E-state index in [1.807, 2.05) is 6.26 Å². The molecule has 3 rings (SSSR count). The number of rotatable bonds is 12. The van der Waals surface area contributed by atoms with E-state index in [4.69, 9.17) is 4.74 Å². The van der Waals surface area contributed by atoms with Crippen LogP contribution in [-0.2, 0) is 19.6 Å². The lowest BCUT2D eigenvalue weighted by Gasteiger charge is -2.24. The predicted octanol–water partition coefficient (Wildman–Crippen LogP) is 4.15. The Morgan fingerprint density at radius 1 is 1.03 bits per heavy atom. The van der Waals surface area contributed by atoms with Crippen molar-refractivity contribution >= 4 is 45.0 Å². The first-order chi connectivity index (χ1) is 17.8. The van der Waals surface area contributed by atoms with Crippen LogP contribution in [0.3, 0.4) is 0 Å². The molecule has 0 heterocycles. The summed E-state index contributed by atoms with van der Waals surface area (Å²) < 4.78 is 46.9. The Hall–Kier alpha value is -3.41. The number of hydrogen-bond donors (Lipinski definition) is 2. The number of hydrogen-bond acceptors (Lipinski definition) is 6. The number of amides is 2. The van der Waals surface area contributed by atoms with E-state index in [1.165, 1.54) is 42.1 Å². The Morgan fingerprint density at radius 2 is 1.76 bits per heavy atom. The Morgan fingerprint density at radius 3 is 2.43 bits per heavy atom. The van der Waals surface area contributed by atoms with Crippen molar-refractivity contribution in [3.63, 3.8) is 0 Å². The second-order valence-electron chi connectivity index (χ2n) is 7.86. The number of ether oxygens (including phenoxy) is 1. The molecule has 3 aromatic carbocycles. The van der Waals surface area contributed by atoms with Crippen LogP contribution in [0.2, 0.25) is 0 Å². The summed E-state index contributed by atoms with van der Waals surface area (Å²) in [7, 11) is -2.65. The zero-order valence-electron chi connectivity index (χ0n) is 20.4. The molecule has 0 atom stereocenters. The number of thioether (sulfide) groups is 1. The van der Waals surface area contributed by atoms with E-state index in [2.05, 4.69) is 10.6 Å². The van der Waals surface area contributed by atoms with Crippen LogP contribution in [0.5, 0.6) is 0 Å². The van der Waals surface area contributed by atoms with E-state index in [-0.39, 0.29) is 21.8 Å². The lowest BCUT2D eigenvalue weighted by Crippen LogP contribution is -2.38. The molecule has 0 saturated heterocycles. The summed E-state index contributed by atoms with van der Waals surface area (Å²) in [6, 6.07) is 17.6. The van der Waals surface area contributed by atoms with Crippen molar-refractivity contribution in [2.45, 2.75) is 16.2 Å². The smallest absolute Gasteiger partial charge is 0.264 e. The predicted molar refractivity (Wildman–Crippen MR) is 143 cm³/mol. The Labute approximate surface area is 220 Å². The quantitative estimate of drug-likeness (QED) is 0.262. The molecule has 0 spiro atoms. The maximum atomic E-state index is 14.0. The van der Waals surface area contributed by atoms with E-state index in [9.17, 15) is 22.4 Å². The third-order valence-corrected chi connectivity index (χ3v) is 7.82. The maximum Gasteiger partial charge on any atom is 0.264 e. The molecular formula is C26H28FN3O5S2. The molecule has 0 aromatic heterocycles. The highest BCUT2D eigenvalue weighted by Crippen LogP contribution is 2.26.